The smallest absolute Gasteiger partial charge is 0.149 e. The van der Waals surface area contributed by atoms with Crippen molar-refractivity contribution in [3.05, 3.63) is 41.2 Å². The molecule has 2 rings (SSSR count). The molecule has 0 aliphatic carbocycles. The predicted molar refractivity (Wildman–Crippen MR) is 74.8 cm³/mol. The second-order valence-corrected chi connectivity index (χ2v) is 5.01. The van der Waals surface area contributed by atoms with Gasteiger partial charge >= 0.3 is 0 Å². The number of hydrogen-bond donors (Lipinski definition) is 1. The van der Waals surface area contributed by atoms with Crippen LogP contribution in [0.1, 0.15) is 36.6 Å². The highest BCUT2D eigenvalue weighted by atomic mass is 15.3. The zero-order chi connectivity index (χ0) is 13.8. The highest BCUT2D eigenvalue weighted by molar-refractivity contribution is 5.24. The van der Waals surface area contributed by atoms with Crippen molar-refractivity contribution in [1.29, 1.82) is 0 Å². The van der Waals surface area contributed by atoms with E-state index >= 15 is 0 Å². The molecule has 0 saturated heterocycles. The molecule has 0 amide bonds. The lowest BCUT2D eigenvalue weighted by molar-refractivity contribution is 0.583. The van der Waals surface area contributed by atoms with Gasteiger partial charge in [-0.2, -0.15) is 5.10 Å². The molecular formula is C14H21N5. The molecule has 5 heteroatoms. The first-order valence-electron chi connectivity index (χ1n) is 6.60. The molecule has 0 fully saturated rings. The van der Waals surface area contributed by atoms with Gasteiger partial charge in [-0.05, 0) is 19.9 Å². The second kappa shape index (κ2) is 5.93. The lowest BCUT2D eigenvalue weighted by Crippen LogP contribution is -2.22. The van der Waals surface area contributed by atoms with Crippen molar-refractivity contribution >= 4 is 0 Å². The number of rotatable bonds is 5. The molecule has 0 unspecified atom stereocenters. The van der Waals surface area contributed by atoms with Gasteiger partial charge in [-0.3, -0.25) is 4.68 Å². The molecule has 2 heterocycles. The standard InChI is InChI=1S/C14H21N5/c1-10(2)17-8-13-11(3)18-19(12(13)4)9-14-15-6-5-7-16-14/h5-7,10,17H,8-9H2,1-4H3. The van der Waals surface area contributed by atoms with Crippen molar-refractivity contribution in [2.45, 2.75) is 46.8 Å². The van der Waals surface area contributed by atoms with E-state index in [0.29, 0.717) is 12.6 Å². The Bertz CT molecular complexity index is 530. The van der Waals surface area contributed by atoms with Gasteiger partial charge in [0, 0.05) is 36.2 Å². The molecule has 0 aliphatic rings. The van der Waals surface area contributed by atoms with Crippen LogP contribution in [0.25, 0.3) is 0 Å². The molecule has 0 bridgehead atoms. The van der Waals surface area contributed by atoms with Gasteiger partial charge in [0.15, 0.2) is 0 Å². The van der Waals surface area contributed by atoms with Gasteiger partial charge in [-0.1, -0.05) is 13.8 Å². The van der Waals surface area contributed by atoms with E-state index in [-0.39, 0.29) is 0 Å². The maximum atomic E-state index is 4.58. The molecule has 2 aromatic heterocycles. The first kappa shape index (κ1) is 13.7. The zero-order valence-electron chi connectivity index (χ0n) is 12.0. The minimum Gasteiger partial charge on any atom is -0.310 e. The van der Waals surface area contributed by atoms with Crippen LogP contribution < -0.4 is 5.32 Å². The van der Waals surface area contributed by atoms with E-state index in [4.69, 9.17) is 0 Å². The maximum Gasteiger partial charge on any atom is 0.149 e. The molecule has 0 saturated carbocycles. The molecule has 102 valence electrons. The highest BCUT2D eigenvalue weighted by Crippen LogP contribution is 2.13. The van der Waals surface area contributed by atoms with E-state index in [1.165, 1.54) is 11.3 Å². The lowest BCUT2D eigenvalue weighted by atomic mass is 10.2. The summed E-state index contributed by atoms with van der Waals surface area (Å²) in [5, 5.41) is 8.02. The van der Waals surface area contributed by atoms with Crippen LogP contribution in [0.5, 0.6) is 0 Å². The Morgan fingerprint density at radius 2 is 1.89 bits per heavy atom. The van der Waals surface area contributed by atoms with E-state index in [9.17, 15) is 0 Å². The van der Waals surface area contributed by atoms with Crippen LogP contribution in [0.2, 0.25) is 0 Å². The average Bonchev–Trinajstić information content (AvgIpc) is 2.63. The Labute approximate surface area is 114 Å². The fraction of sp³-hybridized carbons (Fsp3) is 0.500. The van der Waals surface area contributed by atoms with Crippen molar-refractivity contribution in [3.63, 3.8) is 0 Å². The average molecular weight is 259 g/mol. The van der Waals surface area contributed by atoms with Gasteiger partial charge in [0.1, 0.15) is 12.4 Å². The minimum absolute atomic E-state index is 0.472. The second-order valence-electron chi connectivity index (χ2n) is 5.01. The summed E-state index contributed by atoms with van der Waals surface area (Å²) in [7, 11) is 0. The third-order valence-corrected chi connectivity index (χ3v) is 3.13. The lowest BCUT2D eigenvalue weighted by Gasteiger charge is -2.08. The Hall–Kier alpha value is -1.75. The van der Waals surface area contributed by atoms with Crippen molar-refractivity contribution in [1.82, 2.24) is 25.1 Å². The van der Waals surface area contributed by atoms with Crippen LogP contribution in [0.4, 0.5) is 0 Å². The first-order valence-corrected chi connectivity index (χ1v) is 6.60. The molecule has 19 heavy (non-hydrogen) atoms. The molecule has 2 aromatic rings. The Kier molecular flexibility index (Phi) is 4.27. The summed E-state index contributed by atoms with van der Waals surface area (Å²) < 4.78 is 1.97. The molecule has 5 nitrogen and oxygen atoms in total. The van der Waals surface area contributed by atoms with E-state index in [1.54, 1.807) is 12.4 Å². The molecule has 0 spiro atoms. The van der Waals surface area contributed by atoms with Crippen molar-refractivity contribution in [3.8, 4) is 0 Å². The number of hydrogen-bond acceptors (Lipinski definition) is 4. The molecule has 0 radical (unpaired) electrons. The van der Waals surface area contributed by atoms with Crippen molar-refractivity contribution < 1.29 is 0 Å². The van der Waals surface area contributed by atoms with Crippen LogP contribution in [0.15, 0.2) is 18.5 Å². The summed E-state index contributed by atoms with van der Waals surface area (Å²) in [5.41, 5.74) is 3.52. The van der Waals surface area contributed by atoms with Crippen LogP contribution in [-0.2, 0) is 13.1 Å². The molecule has 0 aliphatic heterocycles. The van der Waals surface area contributed by atoms with Gasteiger partial charge < -0.3 is 5.32 Å². The molecular weight excluding hydrogens is 238 g/mol. The van der Waals surface area contributed by atoms with E-state index in [0.717, 1.165) is 18.1 Å². The summed E-state index contributed by atoms with van der Waals surface area (Å²) in [6, 6.07) is 2.29. The molecule has 0 atom stereocenters. The number of aryl methyl sites for hydroxylation is 1. The van der Waals surface area contributed by atoms with Crippen LogP contribution in [0, 0.1) is 13.8 Å². The number of nitrogens with one attached hydrogen (secondary N) is 1. The number of nitrogens with zero attached hydrogens (tertiary/aromatic N) is 4. The maximum absolute atomic E-state index is 4.58. The quantitative estimate of drug-likeness (QED) is 0.890. The van der Waals surface area contributed by atoms with Gasteiger partial charge in [0.2, 0.25) is 0 Å². The van der Waals surface area contributed by atoms with Crippen molar-refractivity contribution in [2.24, 2.45) is 0 Å². The van der Waals surface area contributed by atoms with E-state index in [1.807, 2.05) is 17.7 Å². The summed E-state index contributed by atoms with van der Waals surface area (Å²) in [5.74, 6) is 0.788. The van der Waals surface area contributed by atoms with Gasteiger partial charge in [0.05, 0.1) is 5.69 Å². The number of aromatic nitrogens is 4. The van der Waals surface area contributed by atoms with Crippen LogP contribution in [-0.4, -0.2) is 25.8 Å². The predicted octanol–water partition coefficient (Wildman–Crippen LogP) is 1.84. The van der Waals surface area contributed by atoms with Crippen LogP contribution >= 0.6 is 0 Å². The fourth-order valence-electron chi connectivity index (χ4n) is 2.00. The zero-order valence-corrected chi connectivity index (χ0v) is 12.0. The van der Waals surface area contributed by atoms with Crippen molar-refractivity contribution in [2.75, 3.05) is 0 Å². The summed E-state index contributed by atoms with van der Waals surface area (Å²) >= 11 is 0. The van der Waals surface area contributed by atoms with E-state index < -0.39 is 0 Å². The SMILES string of the molecule is Cc1nn(Cc2ncccn2)c(C)c1CNC(C)C. The normalized spacial score (nSPS) is 11.2. The van der Waals surface area contributed by atoms with E-state index in [2.05, 4.69) is 41.2 Å². The van der Waals surface area contributed by atoms with Gasteiger partial charge in [-0.15, -0.1) is 0 Å². The minimum atomic E-state index is 0.472. The first-order chi connectivity index (χ1) is 9.08. The third-order valence-electron chi connectivity index (χ3n) is 3.13. The molecule has 1 N–H and O–H groups in total. The molecule has 0 aromatic carbocycles. The van der Waals surface area contributed by atoms with Gasteiger partial charge in [0.25, 0.3) is 0 Å². The van der Waals surface area contributed by atoms with Crippen LogP contribution in [0.3, 0.4) is 0 Å². The summed E-state index contributed by atoms with van der Waals surface area (Å²) in [6.07, 6.45) is 3.52. The monoisotopic (exact) mass is 259 g/mol. The Morgan fingerprint density at radius 1 is 1.21 bits per heavy atom. The summed E-state index contributed by atoms with van der Waals surface area (Å²) in [4.78, 5) is 8.48. The Balaban J connectivity index is 2.16. The Morgan fingerprint density at radius 3 is 2.53 bits per heavy atom. The summed E-state index contributed by atoms with van der Waals surface area (Å²) in [6.45, 7) is 9.91. The largest absolute Gasteiger partial charge is 0.310 e. The third kappa shape index (κ3) is 3.38. The van der Waals surface area contributed by atoms with Gasteiger partial charge in [-0.25, -0.2) is 9.97 Å². The fourth-order valence-corrected chi connectivity index (χ4v) is 2.00. The highest BCUT2D eigenvalue weighted by Gasteiger charge is 2.12. The topological polar surface area (TPSA) is 55.6 Å².